The van der Waals surface area contributed by atoms with E-state index < -0.39 is 36.1 Å². The molecule has 2 aromatic carbocycles. The van der Waals surface area contributed by atoms with Gasteiger partial charge in [0.25, 0.3) is 5.91 Å². The number of anilines is 1. The SMILES string of the molecule is CC(OC(=O)Cn1nc(-c2ccc(F)cc2)oc1=O)C(=O)Nc1cc(Cl)cc(Cl)c1. The Labute approximate surface area is 179 Å². The molecule has 0 saturated heterocycles. The third kappa shape index (κ3) is 5.46. The lowest BCUT2D eigenvalue weighted by Crippen LogP contribution is -2.32. The Morgan fingerprint density at radius 3 is 2.47 bits per heavy atom. The van der Waals surface area contributed by atoms with Crippen LogP contribution in [0.5, 0.6) is 0 Å². The maximum atomic E-state index is 13.0. The lowest BCUT2D eigenvalue weighted by atomic mass is 10.2. The highest BCUT2D eigenvalue weighted by Gasteiger charge is 2.20. The minimum absolute atomic E-state index is 0.0866. The lowest BCUT2D eigenvalue weighted by molar-refractivity contribution is -0.154. The number of hydrogen-bond acceptors (Lipinski definition) is 6. The molecule has 1 heterocycles. The molecule has 0 saturated carbocycles. The van der Waals surface area contributed by atoms with Crippen molar-refractivity contribution in [2.75, 3.05) is 5.32 Å². The van der Waals surface area contributed by atoms with Crippen LogP contribution < -0.4 is 11.1 Å². The van der Waals surface area contributed by atoms with Crippen molar-refractivity contribution in [3.63, 3.8) is 0 Å². The number of ether oxygens (including phenoxy) is 1. The minimum atomic E-state index is -1.17. The molecule has 0 fully saturated rings. The van der Waals surface area contributed by atoms with Crippen LogP contribution in [0.15, 0.2) is 51.7 Å². The summed E-state index contributed by atoms with van der Waals surface area (Å²) in [5.74, 6) is -2.96. The van der Waals surface area contributed by atoms with Gasteiger partial charge in [-0.3, -0.25) is 9.59 Å². The van der Waals surface area contributed by atoms with Crippen LogP contribution in [0.25, 0.3) is 11.5 Å². The van der Waals surface area contributed by atoms with Gasteiger partial charge in [-0.15, -0.1) is 5.10 Å². The van der Waals surface area contributed by atoms with Crippen LogP contribution in [0, 0.1) is 5.82 Å². The third-order valence-electron chi connectivity index (χ3n) is 3.78. The van der Waals surface area contributed by atoms with Gasteiger partial charge in [-0.25, -0.2) is 9.18 Å². The van der Waals surface area contributed by atoms with E-state index in [1.165, 1.54) is 49.4 Å². The van der Waals surface area contributed by atoms with E-state index in [4.69, 9.17) is 32.4 Å². The van der Waals surface area contributed by atoms with Gasteiger partial charge < -0.3 is 14.5 Å². The number of rotatable bonds is 6. The van der Waals surface area contributed by atoms with Gasteiger partial charge in [0.05, 0.1) is 0 Å². The smallest absolute Gasteiger partial charge is 0.437 e. The molecule has 0 aliphatic carbocycles. The Kier molecular flexibility index (Phi) is 6.53. The molecule has 3 rings (SSSR count). The molecule has 156 valence electrons. The summed E-state index contributed by atoms with van der Waals surface area (Å²) >= 11 is 11.7. The Hall–Kier alpha value is -3.17. The zero-order valence-electron chi connectivity index (χ0n) is 15.4. The summed E-state index contributed by atoms with van der Waals surface area (Å²) in [5.41, 5.74) is 0.686. The Morgan fingerprint density at radius 2 is 1.83 bits per heavy atom. The zero-order valence-corrected chi connectivity index (χ0v) is 16.9. The fourth-order valence-corrected chi connectivity index (χ4v) is 2.92. The van der Waals surface area contributed by atoms with Gasteiger partial charge in [0, 0.05) is 21.3 Å². The monoisotopic (exact) mass is 453 g/mol. The summed E-state index contributed by atoms with van der Waals surface area (Å²) < 4.78 is 23.7. The lowest BCUT2D eigenvalue weighted by Gasteiger charge is -2.13. The molecular formula is C19H14Cl2FN3O5. The molecule has 8 nitrogen and oxygen atoms in total. The number of hydrogen-bond donors (Lipinski definition) is 1. The number of benzene rings is 2. The van der Waals surface area contributed by atoms with Crippen molar-refractivity contribution < 1.29 is 23.1 Å². The number of amides is 1. The maximum absolute atomic E-state index is 13.0. The van der Waals surface area contributed by atoms with Crippen LogP contribution in [0.1, 0.15) is 6.92 Å². The van der Waals surface area contributed by atoms with Crippen molar-refractivity contribution in [1.82, 2.24) is 9.78 Å². The van der Waals surface area contributed by atoms with E-state index in [9.17, 15) is 18.8 Å². The van der Waals surface area contributed by atoms with Crippen molar-refractivity contribution in [2.24, 2.45) is 0 Å². The first-order valence-corrected chi connectivity index (χ1v) is 9.27. The van der Waals surface area contributed by atoms with Crippen LogP contribution in [-0.4, -0.2) is 27.8 Å². The summed E-state index contributed by atoms with van der Waals surface area (Å²) in [4.78, 5) is 36.2. The number of nitrogens with one attached hydrogen (secondary N) is 1. The summed E-state index contributed by atoms with van der Waals surface area (Å²) in [6.07, 6.45) is -1.17. The second-order valence-corrected chi connectivity index (χ2v) is 6.99. The topological polar surface area (TPSA) is 103 Å². The van der Waals surface area contributed by atoms with Crippen molar-refractivity contribution in [1.29, 1.82) is 0 Å². The zero-order chi connectivity index (χ0) is 21.8. The minimum Gasteiger partial charge on any atom is -0.451 e. The fourth-order valence-electron chi connectivity index (χ4n) is 2.40. The first-order chi connectivity index (χ1) is 14.2. The summed E-state index contributed by atoms with van der Waals surface area (Å²) in [6, 6.07) is 9.55. The molecule has 1 N–H and O–H groups in total. The van der Waals surface area contributed by atoms with E-state index in [2.05, 4.69) is 10.4 Å². The van der Waals surface area contributed by atoms with Crippen LogP contribution in [0.3, 0.4) is 0 Å². The van der Waals surface area contributed by atoms with Gasteiger partial charge >= 0.3 is 11.7 Å². The van der Waals surface area contributed by atoms with Crippen molar-refractivity contribution in [3.8, 4) is 11.5 Å². The Morgan fingerprint density at radius 1 is 1.20 bits per heavy atom. The number of halogens is 3. The van der Waals surface area contributed by atoms with E-state index in [0.29, 0.717) is 21.3 Å². The maximum Gasteiger partial charge on any atom is 0.437 e. The number of carbonyl (C=O) groups excluding carboxylic acids is 2. The normalized spacial score (nSPS) is 11.7. The van der Waals surface area contributed by atoms with Gasteiger partial charge in [0.15, 0.2) is 6.10 Å². The Balaban J connectivity index is 1.61. The second kappa shape index (κ2) is 9.10. The van der Waals surface area contributed by atoms with Gasteiger partial charge in [-0.05, 0) is 49.4 Å². The summed E-state index contributed by atoms with van der Waals surface area (Å²) in [6.45, 7) is 0.777. The van der Waals surface area contributed by atoms with Crippen LogP contribution >= 0.6 is 23.2 Å². The molecule has 0 radical (unpaired) electrons. The summed E-state index contributed by atoms with van der Waals surface area (Å²) in [5, 5.41) is 7.04. The van der Waals surface area contributed by atoms with Crippen LogP contribution in [-0.2, 0) is 20.9 Å². The largest absolute Gasteiger partial charge is 0.451 e. The predicted octanol–water partition coefficient (Wildman–Crippen LogP) is 3.52. The molecule has 0 bridgehead atoms. The van der Waals surface area contributed by atoms with Crippen LogP contribution in [0.4, 0.5) is 10.1 Å². The fraction of sp³-hybridized carbons (Fsp3) is 0.158. The number of esters is 1. The molecular weight excluding hydrogens is 440 g/mol. The number of carbonyl (C=O) groups is 2. The van der Waals surface area contributed by atoms with E-state index in [-0.39, 0.29) is 5.89 Å². The first-order valence-electron chi connectivity index (χ1n) is 8.51. The van der Waals surface area contributed by atoms with Gasteiger partial charge in [0.2, 0.25) is 5.89 Å². The van der Waals surface area contributed by atoms with Crippen molar-refractivity contribution in [2.45, 2.75) is 19.6 Å². The van der Waals surface area contributed by atoms with Crippen molar-refractivity contribution >= 4 is 40.8 Å². The van der Waals surface area contributed by atoms with E-state index in [0.717, 1.165) is 4.68 Å². The van der Waals surface area contributed by atoms with E-state index in [1.54, 1.807) is 0 Å². The Bertz CT molecular complexity index is 1120. The molecule has 30 heavy (non-hydrogen) atoms. The molecule has 1 unspecified atom stereocenters. The van der Waals surface area contributed by atoms with E-state index in [1.807, 2.05) is 0 Å². The molecule has 0 aliphatic rings. The molecule has 0 spiro atoms. The molecule has 3 aromatic rings. The van der Waals surface area contributed by atoms with Gasteiger partial charge in [0.1, 0.15) is 12.4 Å². The number of nitrogens with zero attached hydrogens (tertiary/aromatic N) is 2. The third-order valence-corrected chi connectivity index (χ3v) is 4.22. The van der Waals surface area contributed by atoms with Crippen molar-refractivity contribution in [3.05, 3.63) is 68.9 Å². The average Bonchev–Trinajstić information content (AvgIpc) is 3.01. The molecule has 0 aliphatic heterocycles. The van der Waals surface area contributed by atoms with Gasteiger partial charge in [-0.2, -0.15) is 4.68 Å². The first kappa shape index (κ1) is 21.5. The summed E-state index contributed by atoms with van der Waals surface area (Å²) in [7, 11) is 0. The second-order valence-electron chi connectivity index (χ2n) is 6.12. The highest BCUT2D eigenvalue weighted by Crippen LogP contribution is 2.22. The number of aromatic nitrogens is 2. The highest BCUT2D eigenvalue weighted by molar-refractivity contribution is 6.35. The van der Waals surface area contributed by atoms with E-state index >= 15 is 0 Å². The predicted molar refractivity (Wildman–Crippen MR) is 107 cm³/mol. The van der Waals surface area contributed by atoms with Gasteiger partial charge in [-0.1, -0.05) is 23.2 Å². The molecule has 1 amide bonds. The quantitative estimate of drug-likeness (QED) is 0.572. The highest BCUT2D eigenvalue weighted by atomic mass is 35.5. The van der Waals surface area contributed by atoms with Crippen LogP contribution in [0.2, 0.25) is 10.0 Å². The molecule has 1 aromatic heterocycles. The molecule has 1 atom stereocenters. The average molecular weight is 454 g/mol. The standard InChI is InChI=1S/C19H14Cl2FN3O5/c1-10(17(27)23-15-7-12(20)6-13(21)8-15)29-16(26)9-25-19(28)30-18(24-25)11-2-4-14(22)5-3-11/h2-8,10H,9H2,1H3,(H,23,27). The molecule has 11 heteroatoms.